The van der Waals surface area contributed by atoms with Gasteiger partial charge >= 0.3 is 0 Å². The number of carbonyl (C=O) groups excluding carboxylic acids is 1. The Morgan fingerprint density at radius 2 is 2.26 bits per heavy atom. The van der Waals surface area contributed by atoms with Gasteiger partial charge in [0, 0.05) is 31.1 Å². The number of rotatable bonds is 3. The van der Waals surface area contributed by atoms with Crippen molar-refractivity contribution in [1.82, 2.24) is 5.32 Å². The fourth-order valence-corrected chi connectivity index (χ4v) is 2.04. The summed E-state index contributed by atoms with van der Waals surface area (Å²) in [6.45, 7) is 0.347. The van der Waals surface area contributed by atoms with Gasteiger partial charge in [-0.05, 0) is 6.42 Å². The van der Waals surface area contributed by atoms with Crippen molar-refractivity contribution in [1.29, 1.82) is 0 Å². The molecule has 1 fully saturated rings. The first kappa shape index (κ1) is 13.5. The fraction of sp³-hybridized carbons (Fsp3) is 0.364. The molecule has 0 radical (unpaired) electrons. The van der Waals surface area contributed by atoms with Gasteiger partial charge in [-0.1, -0.05) is 11.6 Å². The molecule has 0 aliphatic carbocycles. The Morgan fingerprint density at radius 1 is 1.53 bits per heavy atom. The van der Waals surface area contributed by atoms with Gasteiger partial charge in [-0.2, -0.15) is 0 Å². The van der Waals surface area contributed by atoms with Crippen molar-refractivity contribution in [2.24, 2.45) is 0 Å². The molecule has 102 valence electrons. The van der Waals surface area contributed by atoms with Crippen molar-refractivity contribution < 1.29 is 14.1 Å². The SMILES string of the molecule is O=C1CCC(Nc2cc(F)c(Cl)cc2[N+](=O)[O-])CN1. The van der Waals surface area contributed by atoms with Crippen molar-refractivity contribution in [3.05, 3.63) is 33.1 Å². The van der Waals surface area contributed by atoms with Gasteiger partial charge in [-0.3, -0.25) is 14.9 Å². The van der Waals surface area contributed by atoms with Crippen LogP contribution in [0.5, 0.6) is 0 Å². The van der Waals surface area contributed by atoms with E-state index in [4.69, 9.17) is 11.6 Å². The summed E-state index contributed by atoms with van der Waals surface area (Å²) in [7, 11) is 0. The van der Waals surface area contributed by atoms with Crippen molar-refractivity contribution in [3.8, 4) is 0 Å². The zero-order valence-corrected chi connectivity index (χ0v) is 10.5. The van der Waals surface area contributed by atoms with Crippen LogP contribution in [0.15, 0.2) is 12.1 Å². The molecule has 1 atom stereocenters. The number of amides is 1. The molecule has 8 heteroatoms. The number of hydrogen-bond donors (Lipinski definition) is 2. The molecule has 1 aliphatic heterocycles. The summed E-state index contributed by atoms with van der Waals surface area (Å²) in [4.78, 5) is 21.3. The van der Waals surface area contributed by atoms with Crippen LogP contribution in [-0.4, -0.2) is 23.4 Å². The molecular formula is C11H11ClFN3O3. The summed E-state index contributed by atoms with van der Waals surface area (Å²) >= 11 is 5.53. The first-order chi connectivity index (χ1) is 8.97. The minimum absolute atomic E-state index is 0.0603. The monoisotopic (exact) mass is 287 g/mol. The summed E-state index contributed by atoms with van der Waals surface area (Å²) in [5, 5.41) is 16.1. The van der Waals surface area contributed by atoms with E-state index < -0.39 is 10.7 Å². The summed E-state index contributed by atoms with van der Waals surface area (Å²) in [5.41, 5.74) is -0.226. The average Bonchev–Trinajstić information content (AvgIpc) is 2.36. The smallest absolute Gasteiger partial charge is 0.294 e. The predicted octanol–water partition coefficient (Wildman–Crippen LogP) is 2.08. The number of benzene rings is 1. The Balaban J connectivity index is 2.21. The third kappa shape index (κ3) is 3.11. The Hall–Kier alpha value is -1.89. The molecule has 0 saturated carbocycles. The highest BCUT2D eigenvalue weighted by atomic mass is 35.5. The van der Waals surface area contributed by atoms with E-state index in [1.807, 2.05) is 0 Å². The number of nitro benzene ring substituents is 1. The number of anilines is 1. The molecule has 1 unspecified atom stereocenters. The van der Waals surface area contributed by atoms with E-state index in [-0.39, 0.29) is 28.3 Å². The molecule has 1 saturated heterocycles. The number of halogens is 2. The fourth-order valence-electron chi connectivity index (χ4n) is 1.88. The number of hydrogen-bond acceptors (Lipinski definition) is 4. The second-order valence-electron chi connectivity index (χ2n) is 4.22. The van der Waals surface area contributed by atoms with E-state index in [1.54, 1.807) is 0 Å². The molecule has 0 aromatic heterocycles. The second-order valence-corrected chi connectivity index (χ2v) is 4.63. The molecule has 1 aliphatic rings. The normalized spacial score (nSPS) is 18.8. The third-order valence-electron chi connectivity index (χ3n) is 2.86. The zero-order chi connectivity index (χ0) is 14.0. The van der Waals surface area contributed by atoms with Gasteiger partial charge in [-0.25, -0.2) is 4.39 Å². The molecule has 1 amide bonds. The zero-order valence-electron chi connectivity index (χ0n) is 9.78. The van der Waals surface area contributed by atoms with Gasteiger partial charge in [0.2, 0.25) is 5.91 Å². The Morgan fingerprint density at radius 3 is 2.84 bits per heavy atom. The predicted molar refractivity (Wildman–Crippen MR) is 67.7 cm³/mol. The molecule has 1 aromatic carbocycles. The first-order valence-corrected chi connectivity index (χ1v) is 6.02. The van der Waals surface area contributed by atoms with Gasteiger partial charge in [0.25, 0.3) is 5.69 Å². The van der Waals surface area contributed by atoms with E-state index in [9.17, 15) is 19.3 Å². The van der Waals surface area contributed by atoms with Gasteiger partial charge in [-0.15, -0.1) is 0 Å². The van der Waals surface area contributed by atoms with Crippen molar-refractivity contribution in [2.75, 3.05) is 11.9 Å². The minimum Gasteiger partial charge on any atom is -0.375 e. The Bertz CT molecular complexity index is 528. The van der Waals surface area contributed by atoms with Crippen LogP contribution in [0.3, 0.4) is 0 Å². The quantitative estimate of drug-likeness (QED) is 0.658. The molecule has 2 N–H and O–H groups in total. The van der Waals surface area contributed by atoms with Gasteiger partial charge in [0.1, 0.15) is 11.5 Å². The van der Waals surface area contributed by atoms with Crippen molar-refractivity contribution in [2.45, 2.75) is 18.9 Å². The number of nitrogens with zero attached hydrogens (tertiary/aromatic N) is 1. The molecule has 1 aromatic rings. The van der Waals surface area contributed by atoms with Gasteiger partial charge in [0.15, 0.2) is 0 Å². The van der Waals surface area contributed by atoms with Crippen molar-refractivity contribution >= 4 is 28.9 Å². The highest BCUT2D eigenvalue weighted by Gasteiger charge is 2.23. The van der Waals surface area contributed by atoms with E-state index in [0.29, 0.717) is 19.4 Å². The van der Waals surface area contributed by atoms with Crippen LogP contribution in [0.25, 0.3) is 0 Å². The second kappa shape index (κ2) is 5.40. The number of nitrogens with one attached hydrogen (secondary N) is 2. The average molecular weight is 288 g/mol. The molecular weight excluding hydrogens is 277 g/mol. The van der Waals surface area contributed by atoms with Gasteiger partial charge < -0.3 is 10.6 Å². The van der Waals surface area contributed by atoms with E-state index >= 15 is 0 Å². The van der Waals surface area contributed by atoms with Crippen LogP contribution in [0, 0.1) is 15.9 Å². The van der Waals surface area contributed by atoms with E-state index in [1.165, 1.54) is 0 Å². The number of carbonyl (C=O) groups is 1. The highest BCUT2D eigenvalue weighted by molar-refractivity contribution is 6.31. The largest absolute Gasteiger partial charge is 0.375 e. The highest BCUT2D eigenvalue weighted by Crippen LogP contribution is 2.31. The lowest BCUT2D eigenvalue weighted by molar-refractivity contribution is -0.384. The van der Waals surface area contributed by atoms with Crippen molar-refractivity contribution in [3.63, 3.8) is 0 Å². The van der Waals surface area contributed by atoms with Crippen LogP contribution in [0.4, 0.5) is 15.8 Å². The Kier molecular flexibility index (Phi) is 3.84. The van der Waals surface area contributed by atoms with Crippen LogP contribution in [0.1, 0.15) is 12.8 Å². The lowest BCUT2D eigenvalue weighted by Crippen LogP contribution is -2.41. The minimum atomic E-state index is -0.727. The molecule has 2 rings (SSSR count). The maximum atomic E-state index is 13.4. The van der Waals surface area contributed by atoms with Crippen LogP contribution in [0.2, 0.25) is 5.02 Å². The summed E-state index contributed by atoms with van der Waals surface area (Å²) in [5.74, 6) is -0.788. The lowest BCUT2D eigenvalue weighted by atomic mass is 10.1. The maximum absolute atomic E-state index is 13.4. The molecule has 0 spiro atoms. The summed E-state index contributed by atoms with van der Waals surface area (Å²) in [6.07, 6.45) is 0.870. The Labute approximate surface area is 113 Å². The van der Waals surface area contributed by atoms with E-state index in [2.05, 4.69) is 10.6 Å². The van der Waals surface area contributed by atoms with Crippen LogP contribution in [-0.2, 0) is 4.79 Å². The summed E-state index contributed by atoms with van der Waals surface area (Å²) in [6, 6.07) is 1.80. The number of nitro groups is 1. The lowest BCUT2D eigenvalue weighted by Gasteiger charge is -2.24. The standard InChI is InChI=1S/C11H11ClFN3O3/c12-7-3-10(16(18)19)9(4-8(7)13)15-6-1-2-11(17)14-5-6/h3-4,6,15H,1-2,5H2,(H,14,17). The molecule has 1 heterocycles. The van der Waals surface area contributed by atoms with Gasteiger partial charge in [0.05, 0.1) is 9.95 Å². The maximum Gasteiger partial charge on any atom is 0.294 e. The third-order valence-corrected chi connectivity index (χ3v) is 3.15. The summed E-state index contributed by atoms with van der Waals surface area (Å²) < 4.78 is 13.4. The first-order valence-electron chi connectivity index (χ1n) is 5.64. The van der Waals surface area contributed by atoms with Crippen LogP contribution >= 0.6 is 11.6 Å². The molecule has 6 nitrogen and oxygen atoms in total. The topological polar surface area (TPSA) is 84.3 Å². The molecule has 19 heavy (non-hydrogen) atoms. The van der Waals surface area contributed by atoms with E-state index in [0.717, 1.165) is 12.1 Å². The molecule has 0 bridgehead atoms. The number of piperidine rings is 1. The van der Waals surface area contributed by atoms with Crippen LogP contribution < -0.4 is 10.6 Å².